The fourth-order valence-electron chi connectivity index (χ4n) is 1.81. The number of ether oxygens (including phenoxy) is 1. The number of anilines is 2. The van der Waals surface area contributed by atoms with E-state index < -0.39 is 17.9 Å². The summed E-state index contributed by atoms with van der Waals surface area (Å²) in [5.74, 6) is 0.638. The molecule has 0 saturated heterocycles. The molecule has 23 heavy (non-hydrogen) atoms. The third kappa shape index (κ3) is 4.35. The normalized spacial score (nSPS) is 11.0. The quantitative estimate of drug-likeness (QED) is 0.894. The maximum absolute atomic E-state index is 12.5. The zero-order valence-electron chi connectivity index (χ0n) is 12.4. The van der Waals surface area contributed by atoms with Crippen molar-refractivity contribution in [3.63, 3.8) is 0 Å². The van der Waals surface area contributed by atoms with Crippen molar-refractivity contribution in [1.82, 2.24) is 4.98 Å². The number of amides is 2. The Kier molecular flexibility index (Phi) is 4.73. The monoisotopic (exact) mass is 325 g/mol. The Morgan fingerprint density at radius 3 is 2.26 bits per heavy atom. The van der Waals surface area contributed by atoms with Crippen LogP contribution in [0.2, 0.25) is 0 Å². The third-order valence-corrected chi connectivity index (χ3v) is 2.97. The van der Waals surface area contributed by atoms with Crippen LogP contribution in [0.25, 0.3) is 0 Å². The molecular weight excluding hydrogens is 311 g/mol. The highest BCUT2D eigenvalue weighted by Crippen LogP contribution is 2.29. The molecule has 0 saturated carbocycles. The summed E-state index contributed by atoms with van der Waals surface area (Å²) in [7, 11) is 1.52. The first-order valence-electron chi connectivity index (χ1n) is 6.56. The summed E-state index contributed by atoms with van der Waals surface area (Å²) in [6, 6.07) is 8.00. The topological polar surface area (TPSA) is 63.2 Å². The van der Waals surface area contributed by atoms with Crippen molar-refractivity contribution >= 4 is 17.4 Å². The van der Waals surface area contributed by atoms with Gasteiger partial charge in [-0.05, 0) is 43.3 Å². The van der Waals surface area contributed by atoms with E-state index in [9.17, 15) is 18.0 Å². The number of alkyl halides is 3. The van der Waals surface area contributed by atoms with Gasteiger partial charge in [-0.3, -0.25) is 0 Å². The highest BCUT2D eigenvalue weighted by molar-refractivity contribution is 6.00. The van der Waals surface area contributed by atoms with Crippen molar-refractivity contribution in [3.05, 3.63) is 47.8 Å². The predicted octanol–water partition coefficient (Wildman–Crippen LogP) is 4.06. The highest BCUT2D eigenvalue weighted by atomic mass is 19.4. The van der Waals surface area contributed by atoms with Crippen molar-refractivity contribution in [1.29, 1.82) is 0 Å². The van der Waals surface area contributed by atoms with Crippen LogP contribution in [0.1, 0.15) is 11.4 Å². The summed E-state index contributed by atoms with van der Waals surface area (Å²) >= 11 is 0. The fourth-order valence-corrected chi connectivity index (χ4v) is 1.81. The SMILES string of the molecule is COc1ccc(NC(=O)Nc2ccc(C(F)(F)F)nc2C)cc1. The number of hydrogen-bond acceptors (Lipinski definition) is 3. The molecule has 0 aliphatic rings. The van der Waals surface area contributed by atoms with Crippen LogP contribution in [0.3, 0.4) is 0 Å². The minimum Gasteiger partial charge on any atom is -0.497 e. The smallest absolute Gasteiger partial charge is 0.433 e. The summed E-state index contributed by atoms with van der Waals surface area (Å²) in [5.41, 5.74) is -0.217. The van der Waals surface area contributed by atoms with Gasteiger partial charge in [-0.1, -0.05) is 0 Å². The third-order valence-electron chi connectivity index (χ3n) is 2.97. The molecular formula is C15H14F3N3O2. The van der Waals surface area contributed by atoms with Gasteiger partial charge in [0, 0.05) is 5.69 Å². The zero-order chi connectivity index (χ0) is 17.0. The van der Waals surface area contributed by atoms with Gasteiger partial charge >= 0.3 is 12.2 Å². The molecule has 0 atom stereocenters. The van der Waals surface area contributed by atoms with Crippen LogP contribution in [0, 0.1) is 6.92 Å². The summed E-state index contributed by atoms with van der Waals surface area (Å²) in [6.07, 6.45) is -4.52. The molecule has 5 nitrogen and oxygen atoms in total. The summed E-state index contributed by atoms with van der Waals surface area (Å²) < 4.78 is 42.6. The van der Waals surface area contributed by atoms with Gasteiger partial charge in [0.15, 0.2) is 0 Å². The summed E-state index contributed by atoms with van der Waals surface area (Å²) in [6.45, 7) is 1.39. The molecule has 0 fully saturated rings. The average Bonchev–Trinajstić information content (AvgIpc) is 2.49. The molecule has 0 unspecified atom stereocenters. The lowest BCUT2D eigenvalue weighted by atomic mass is 10.2. The van der Waals surface area contributed by atoms with Crippen molar-refractivity contribution in [2.75, 3.05) is 17.7 Å². The average molecular weight is 325 g/mol. The number of urea groups is 1. The number of carbonyl (C=O) groups excluding carboxylic acids is 1. The van der Waals surface area contributed by atoms with Crippen LogP contribution in [0.4, 0.5) is 29.3 Å². The van der Waals surface area contributed by atoms with Crippen molar-refractivity contribution in [2.45, 2.75) is 13.1 Å². The number of nitrogens with one attached hydrogen (secondary N) is 2. The van der Waals surface area contributed by atoms with Gasteiger partial charge in [-0.25, -0.2) is 9.78 Å². The Labute approximate surface area is 130 Å². The molecule has 0 spiro atoms. The number of carbonyl (C=O) groups is 1. The van der Waals surface area contributed by atoms with Gasteiger partial charge in [0.05, 0.1) is 18.5 Å². The van der Waals surface area contributed by atoms with Gasteiger partial charge in [-0.15, -0.1) is 0 Å². The van der Waals surface area contributed by atoms with E-state index in [1.807, 2.05) is 0 Å². The maximum Gasteiger partial charge on any atom is 0.433 e. The Hall–Kier alpha value is -2.77. The van der Waals surface area contributed by atoms with Crippen LogP contribution in [-0.4, -0.2) is 18.1 Å². The van der Waals surface area contributed by atoms with Gasteiger partial charge in [-0.2, -0.15) is 13.2 Å². The lowest BCUT2D eigenvalue weighted by Gasteiger charge is -2.12. The zero-order valence-corrected chi connectivity index (χ0v) is 12.4. The van der Waals surface area contributed by atoms with Gasteiger partial charge in [0.1, 0.15) is 11.4 Å². The number of aromatic nitrogens is 1. The van der Waals surface area contributed by atoms with E-state index in [0.717, 1.165) is 6.07 Å². The molecule has 1 heterocycles. The van der Waals surface area contributed by atoms with Gasteiger partial charge < -0.3 is 15.4 Å². The van der Waals surface area contributed by atoms with E-state index in [4.69, 9.17) is 4.74 Å². The Balaban J connectivity index is 2.05. The molecule has 2 amide bonds. The number of hydrogen-bond donors (Lipinski definition) is 2. The molecule has 0 radical (unpaired) electrons. The first-order valence-corrected chi connectivity index (χ1v) is 6.56. The molecule has 122 valence electrons. The van der Waals surface area contributed by atoms with Crippen molar-refractivity contribution in [3.8, 4) is 5.75 Å². The number of aryl methyl sites for hydroxylation is 1. The van der Waals surface area contributed by atoms with Crippen LogP contribution in [-0.2, 0) is 6.18 Å². The van der Waals surface area contributed by atoms with Crippen molar-refractivity contribution in [2.24, 2.45) is 0 Å². The van der Waals surface area contributed by atoms with Gasteiger partial charge in [0.2, 0.25) is 0 Å². The number of halogens is 3. The standard InChI is InChI=1S/C15H14F3N3O2/c1-9-12(7-8-13(19-9)15(16,17)18)21-14(22)20-10-3-5-11(23-2)6-4-10/h3-8H,1-2H3,(H2,20,21,22). The van der Waals surface area contributed by atoms with E-state index in [0.29, 0.717) is 11.4 Å². The minimum atomic E-state index is -4.52. The lowest BCUT2D eigenvalue weighted by Crippen LogP contribution is -2.20. The van der Waals surface area contributed by atoms with Crippen LogP contribution < -0.4 is 15.4 Å². The molecule has 2 N–H and O–H groups in total. The highest BCUT2D eigenvalue weighted by Gasteiger charge is 2.32. The summed E-state index contributed by atoms with van der Waals surface area (Å²) in [5, 5.41) is 5.01. The van der Waals surface area contributed by atoms with E-state index in [1.54, 1.807) is 24.3 Å². The molecule has 2 aromatic rings. The Morgan fingerprint density at radius 1 is 1.09 bits per heavy atom. The number of methoxy groups -OCH3 is 1. The fraction of sp³-hybridized carbons (Fsp3) is 0.200. The van der Waals surface area contributed by atoms with E-state index >= 15 is 0 Å². The first-order chi connectivity index (χ1) is 10.8. The molecule has 0 aliphatic carbocycles. The molecule has 1 aromatic heterocycles. The molecule has 0 bridgehead atoms. The Morgan fingerprint density at radius 2 is 1.74 bits per heavy atom. The second-order valence-corrected chi connectivity index (χ2v) is 4.63. The predicted molar refractivity (Wildman–Crippen MR) is 79.6 cm³/mol. The van der Waals surface area contributed by atoms with E-state index in [-0.39, 0.29) is 11.4 Å². The van der Waals surface area contributed by atoms with Crippen LogP contribution in [0.5, 0.6) is 5.75 Å². The largest absolute Gasteiger partial charge is 0.497 e. The molecule has 2 rings (SSSR count). The first kappa shape index (κ1) is 16.6. The molecule has 0 aliphatic heterocycles. The number of rotatable bonds is 3. The second-order valence-electron chi connectivity index (χ2n) is 4.63. The lowest BCUT2D eigenvalue weighted by molar-refractivity contribution is -0.141. The van der Waals surface area contributed by atoms with Crippen LogP contribution >= 0.6 is 0 Å². The summed E-state index contributed by atoms with van der Waals surface area (Å²) in [4.78, 5) is 15.3. The number of nitrogens with zero attached hydrogens (tertiary/aromatic N) is 1. The molecule has 1 aromatic carbocycles. The maximum atomic E-state index is 12.5. The van der Waals surface area contributed by atoms with E-state index in [1.165, 1.54) is 20.1 Å². The van der Waals surface area contributed by atoms with Crippen LogP contribution in [0.15, 0.2) is 36.4 Å². The minimum absolute atomic E-state index is 0.0738. The Bertz CT molecular complexity index is 700. The van der Waals surface area contributed by atoms with E-state index in [2.05, 4.69) is 15.6 Å². The van der Waals surface area contributed by atoms with Gasteiger partial charge in [0.25, 0.3) is 0 Å². The van der Waals surface area contributed by atoms with Crippen molar-refractivity contribution < 1.29 is 22.7 Å². The molecule has 8 heteroatoms. The number of benzene rings is 1. The second kappa shape index (κ2) is 6.55. The number of pyridine rings is 1.